The van der Waals surface area contributed by atoms with E-state index in [2.05, 4.69) is 29.1 Å². The number of piperidine rings is 1. The molecule has 0 N–H and O–H groups in total. The number of fused-ring (bicyclic) bond motifs is 2. The Hall–Kier alpha value is -1.84. The standard InChI is InChI=1S/C19H19ClN2O/c1-22-10-7-13(8-11-22)17-15-5-2-6-16(20)19(15)23-12-14-4-3-9-21-18(14)17/h2-6,9H,7-8,10-12H2,1H3. The summed E-state index contributed by atoms with van der Waals surface area (Å²) in [6.07, 6.45) is 3.99. The molecule has 4 heteroatoms. The average Bonchev–Trinajstić information content (AvgIpc) is 2.74. The predicted molar refractivity (Wildman–Crippen MR) is 92.8 cm³/mol. The molecule has 0 bridgehead atoms. The fraction of sp³-hybridized carbons (Fsp3) is 0.316. The lowest BCUT2D eigenvalue weighted by Gasteiger charge is -2.26. The van der Waals surface area contributed by atoms with Crippen LogP contribution < -0.4 is 4.74 Å². The molecule has 3 heterocycles. The summed E-state index contributed by atoms with van der Waals surface area (Å²) in [5.41, 5.74) is 5.93. The van der Waals surface area contributed by atoms with Gasteiger partial charge in [0.15, 0.2) is 0 Å². The molecule has 0 unspecified atom stereocenters. The van der Waals surface area contributed by atoms with Gasteiger partial charge in [0.1, 0.15) is 12.4 Å². The van der Waals surface area contributed by atoms with Gasteiger partial charge in [-0.25, -0.2) is 0 Å². The molecule has 0 radical (unpaired) electrons. The molecule has 1 aromatic carbocycles. The lowest BCUT2D eigenvalue weighted by Crippen LogP contribution is -2.27. The Morgan fingerprint density at radius 2 is 1.96 bits per heavy atom. The van der Waals surface area contributed by atoms with Gasteiger partial charge in [-0.3, -0.25) is 4.98 Å². The fourth-order valence-electron chi connectivity index (χ4n) is 3.41. The van der Waals surface area contributed by atoms with E-state index in [1.165, 1.54) is 11.1 Å². The highest BCUT2D eigenvalue weighted by Gasteiger charge is 2.26. The molecule has 0 amide bonds. The third kappa shape index (κ3) is 2.64. The molecule has 1 aromatic heterocycles. The van der Waals surface area contributed by atoms with Crippen LogP contribution in [-0.2, 0) is 6.61 Å². The first-order chi connectivity index (χ1) is 11.2. The average molecular weight is 327 g/mol. The summed E-state index contributed by atoms with van der Waals surface area (Å²) in [5.74, 6) is 0.786. The van der Waals surface area contributed by atoms with Gasteiger partial charge in [-0.1, -0.05) is 35.4 Å². The third-order valence-electron chi connectivity index (χ3n) is 4.68. The number of benzene rings is 1. The molecule has 23 heavy (non-hydrogen) atoms. The van der Waals surface area contributed by atoms with Crippen LogP contribution in [0, 0.1) is 0 Å². The minimum Gasteiger partial charge on any atom is -0.487 e. The Bertz CT molecular complexity index is 775. The number of ether oxygens (including phenoxy) is 1. The Morgan fingerprint density at radius 1 is 1.13 bits per heavy atom. The molecule has 0 atom stereocenters. The van der Waals surface area contributed by atoms with Gasteiger partial charge >= 0.3 is 0 Å². The molecular weight excluding hydrogens is 308 g/mol. The summed E-state index contributed by atoms with van der Waals surface area (Å²) < 4.78 is 6.03. The van der Waals surface area contributed by atoms with E-state index in [0.29, 0.717) is 11.6 Å². The molecular formula is C19H19ClN2O. The minimum absolute atomic E-state index is 0.511. The largest absolute Gasteiger partial charge is 0.487 e. The highest BCUT2D eigenvalue weighted by Crippen LogP contribution is 2.42. The first kappa shape index (κ1) is 14.7. The van der Waals surface area contributed by atoms with Crippen LogP contribution >= 0.6 is 11.6 Å². The first-order valence-corrected chi connectivity index (χ1v) is 8.38. The highest BCUT2D eigenvalue weighted by atomic mass is 35.5. The number of aromatic nitrogens is 1. The lowest BCUT2D eigenvalue weighted by molar-refractivity contribution is 0.307. The van der Waals surface area contributed by atoms with Gasteiger partial charge in [0.05, 0.1) is 10.7 Å². The summed E-state index contributed by atoms with van der Waals surface area (Å²) >= 11 is 6.41. The molecule has 3 nitrogen and oxygen atoms in total. The van der Waals surface area contributed by atoms with Crippen LogP contribution in [0.15, 0.2) is 42.1 Å². The fourth-order valence-corrected chi connectivity index (χ4v) is 3.64. The van der Waals surface area contributed by atoms with Crippen LogP contribution in [0.2, 0.25) is 5.02 Å². The van der Waals surface area contributed by atoms with Crippen LogP contribution in [0.5, 0.6) is 5.75 Å². The zero-order chi connectivity index (χ0) is 15.8. The van der Waals surface area contributed by atoms with Crippen molar-refractivity contribution in [3.63, 3.8) is 0 Å². The molecule has 2 aromatic rings. The van der Waals surface area contributed by atoms with Crippen LogP contribution in [-0.4, -0.2) is 30.0 Å². The van der Waals surface area contributed by atoms with Crippen molar-refractivity contribution in [2.24, 2.45) is 0 Å². The smallest absolute Gasteiger partial charge is 0.146 e. The molecule has 118 valence electrons. The number of hydrogen-bond acceptors (Lipinski definition) is 3. The topological polar surface area (TPSA) is 25.4 Å². The number of para-hydroxylation sites is 1. The second kappa shape index (κ2) is 5.99. The van der Waals surface area contributed by atoms with Crippen LogP contribution in [0.4, 0.5) is 0 Å². The van der Waals surface area contributed by atoms with Crippen molar-refractivity contribution in [2.45, 2.75) is 19.4 Å². The van der Waals surface area contributed by atoms with Gasteiger partial charge in [0.25, 0.3) is 0 Å². The number of hydrogen-bond donors (Lipinski definition) is 0. The summed E-state index contributed by atoms with van der Waals surface area (Å²) in [5, 5.41) is 0.668. The van der Waals surface area contributed by atoms with E-state index < -0.39 is 0 Å². The third-order valence-corrected chi connectivity index (χ3v) is 4.98. The quantitative estimate of drug-likeness (QED) is 0.727. The van der Waals surface area contributed by atoms with E-state index in [1.54, 1.807) is 0 Å². The van der Waals surface area contributed by atoms with Crippen molar-refractivity contribution in [3.05, 3.63) is 63.9 Å². The van der Waals surface area contributed by atoms with Crippen molar-refractivity contribution in [1.29, 1.82) is 0 Å². The zero-order valence-corrected chi connectivity index (χ0v) is 13.9. The Morgan fingerprint density at radius 3 is 2.78 bits per heavy atom. The maximum Gasteiger partial charge on any atom is 0.146 e. The van der Waals surface area contributed by atoms with Crippen molar-refractivity contribution in [1.82, 2.24) is 9.88 Å². The number of pyridine rings is 1. The van der Waals surface area contributed by atoms with Crippen LogP contribution in [0.3, 0.4) is 0 Å². The maximum absolute atomic E-state index is 6.41. The van der Waals surface area contributed by atoms with Crippen LogP contribution in [0.25, 0.3) is 5.57 Å². The number of halogens is 1. The SMILES string of the molecule is CN1CCC(=C2c3cccc(Cl)c3OCc3cccnc32)CC1. The van der Waals surface area contributed by atoms with E-state index in [4.69, 9.17) is 16.3 Å². The maximum atomic E-state index is 6.41. The monoisotopic (exact) mass is 326 g/mol. The van der Waals surface area contributed by atoms with Crippen molar-refractivity contribution in [3.8, 4) is 5.75 Å². The van der Waals surface area contributed by atoms with Crippen molar-refractivity contribution in [2.75, 3.05) is 20.1 Å². The summed E-state index contributed by atoms with van der Waals surface area (Å²) in [7, 11) is 2.18. The van der Waals surface area contributed by atoms with Crippen molar-refractivity contribution < 1.29 is 4.74 Å². The van der Waals surface area contributed by atoms with Gasteiger partial charge in [0, 0.05) is 36.0 Å². The van der Waals surface area contributed by atoms with Gasteiger partial charge < -0.3 is 9.64 Å². The highest BCUT2D eigenvalue weighted by molar-refractivity contribution is 6.32. The Kier molecular flexibility index (Phi) is 3.83. The molecule has 2 aliphatic heterocycles. The second-order valence-corrected chi connectivity index (χ2v) is 6.61. The van der Waals surface area contributed by atoms with Gasteiger partial charge in [-0.2, -0.15) is 0 Å². The normalized spacial score (nSPS) is 18.0. The van der Waals surface area contributed by atoms with Crippen LogP contribution in [0.1, 0.15) is 29.7 Å². The Balaban J connectivity index is 1.96. The number of likely N-dealkylation sites (tertiary alicyclic amines) is 1. The first-order valence-electron chi connectivity index (χ1n) is 8.00. The molecule has 0 spiro atoms. The summed E-state index contributed by atoms with van der Waals surface area (Å²) in [6.45, 7) is 2.67. The van der Waals surface area contributed by atoms with E-state index in [0.717, 1.165) is 48.5 Å². The minimum atomic E-state index is 0.511. The van der Waals surface area contributed by atoms with Gasteiger partial charge in [0.2, 0.25) is 0 Å². The number of rotatable bonds is 0. The molecule has 0 aliphatic carbocycles. The molecule has 1 saturated heterocycles. The van der Waals surface area contributed by atoms with Gasteiger partial charge in [-0.05, 0) is 32.0 Å². The molecule has 4 rings (SSSR count). The number of nitrogens with zero attached hydrogens (tertiary/aromatic N) is 2. The van der Waals surface area contributed by atoms with E-state index in [-0.39, 0.29) is 0 Å². The van der Waals surface area contributed by atoms with Crippen molar-refractivity contribution >= 4 is 17.2 Å². The van der Waals surface area contributed by atoms with E-state index in [9.17, 15) is 0 Å². The van der Waals surface area contributed by atoms with E-state index >= 15 is 0 Å². The second-order valence-electron chi connectivity index (χ2n) is 6.20. The summed E-state index contributed by atoms with van der Waals surface area (Å²) in [6, 6.07) is 10.1. The molecule has 1 fully saturated rings. The summed E-state index contributed by atoms with van der Waals surface area (Å²) in [4.78, 5) is 7.06. The van der Waals surface area contributed by atoms with E-state index in [1.807, 2.05) is 24.4 Å². The molecule has 2 aliphatic rings. The van der Waals surface area contributed by atoms with Gasteiger partial charge in [-0.15, -0.1) is 0 Å². The predicted octanol–water partition coefficient (Wildman–Crippen LogP) is 4.15. The zero-order valence-electron chi connectivity index (χ0n) is 13.2. The molecule has 0 saturated carbocycles. The Labute approximate surface area is 141 Å². The lowest BCUT2D eigenvalue weighted by atomic mass is 9.89.